The summed E-state index contributed by atoms with van der Waals surface area (Å²) < 4.78 is 0. The summed E-state index contributed by atoms with van der Waals surface area (Å²) in [4.78, 5) is 7.72. The van der Waals surface area contributed by atoms with Crippen molar-refractivity contribution >= 4 is 0 Å². The van der Waals surface area contributed by atoms with Crippen LogP contribution in [0.4, 0.5) is 0 Å². The second kappa shape index (κ2) is 2.32. The highest BCUT2D eigenvalue weighted by atomic mass is 14.9. The van der Waals surface area contributed by atoms with Crippen molar-refractivity contribution in [3.05, 3.63) is 53.6 Å². The number of H-pyrrole nitrogens is 1. The number of benzene rings is 1. The minimum Gasteiger partial charge on any atom is -0.348 e. The van der Waals surface area contributed by atoms with E-state index in [2.05, 4.69) is 34.2 Å². The fourth-order valence-corrected chi connectivity index (χ4v) is 3.17. The number of hydrogen-bond donors (Lipinski definition) is 1. The Morgan fingerprint density at radius 3 is 3.07 bits per heavy atom. The first kappa shape index (κ1) is 7.69. The van der Waals surface area contributed by atoms with Gasteiger partial charge >= 0.3 is 0 Å². The van der Waals surface area contributed by atoms with Crippen LogP contribution in [0.3, 0.4) is 0 Å². The van der Waals surface area contributed by atoms with Crippen molar-refractivity contribution in [1.29, 1.82) is 0 Å². The maximum atomic E-state index is 4.44. The summed E-state index contributed by atoms with van der Waals surface area (Å²) in [5, 5.41) is 0. The predicted molar refractivity (Wildman–Crippen MR) is 57.8 cm³/mol. The van der Waals surface area contributed by atoms with Crippen LogP contribution in [-0.4, -0.2) is 9.97 Å². The minimum absolute atomic E-state index is 0.327. The Balaban J connectivity index is 1.84. The first-order valence-electron chi connectivity index (χ1n) is 5.48. The summed E-state index contributed by atoms with van der Waals surface area (Å²) >= 11 is 0. The number of aromatic amines is 1. The smallest absolute Gasteiger partial charge is 0.113 e. The number of aromatic nitrogens is 2. The number of hydrogen-bond acceptors (Lipinski definition) is 1. The summed E-state index contributed by atoms with van der Waals surface area (Å²) in [6.45, 7) is 0. The lowest BCUT2D eigenvalue weighted by molar-refractivity contribution is 0.653. The number of nitrogens with zero attached hydrogens (tertiary/aromatic N) is 1. The SMILES string of the molecule is c1ccc2c(c1)CC1(c3ncc[nH]3)CC21. The van der Waals surface area contributed by atoms with Gasteiger partial charge in [-0.25, -0.2) is 4.98 Å². The molecule has 2 heteroatoms. The maximum Gasteiger partial charge on any atom is 0.113 e. The van der Waals surface area contributed by atoms with Crippen molar-refractivity contribution < 1.29 is 0 Å². The molecule has 1 fully saturated rings. The molecule has 0 radical (unpaired) electrons. The standard InChI is InChI=1S/C13H12N2/c1-2-4-10-9(3-1)7-13(8-11(10)13)12-14-5-6-15-12/h1-6,11H,7-8H2,(H,14,15). The van der Waals surface area contributed by atoms with Crippen LogP contribution in [0.2, 0.25) is 0 Å². The van der Waals surface area contributed by atoms with Crippen LogP contribution in [0.15, 0.2) is 36.7 Å². The zero-order valence-electron chi connectivity index (χ0n) is 8.40. The third-order valence-corrected chi connectivity index (χ3v) is 3.98. The van der Waals surface area contributed by atoms with Gasteiger partial charge in [-0.05, 0) is 29.9 Å². The molecule has 1 heterocycles. The molecule has 2 aliphatic rings. The molecule has 0 bridgehead atoms. The number of fused-ring (bicyclic) bond motifs is 3. The molecule has 0 amide bonds. The van der Waals surface area contributed by atoms with Gasteiger partial charge in [0.25, 0.3) is 0 Å². The molecular weight excluding hydrogens is 184 g/mol. The highest BCUT2D eigenvalue weighted by molar-refractivity contribution is 5.50. The van der Waals surface area contributed by atoms with Crippen LogP contribution >= 0.6 is 0 Å². The molecule has 4 rings (SSSR count). The second-order valence-electron chi connectivity index (χ2n) is 4.73. The van der Waals surface area contributed by atoms with E-state index < -0.39 is 0 Å². The fraction of sp³-hybridized carbons (Fsp3) is 0.308. The Bertz CT molecular complexity index is 515. The Morgan fingerprint density at radius 2 is 2.27 bits per heavy atom. The Labute approximate surface area is 88.4 Å². The average Bonchev–Trinajstić information content (AvgIpc) is 2.70. The second-order valence-corrected chi connectivity index (χ2v) is 4.73. The molecule has 0 saturated heterocycles. The van der Waals surface area contributed by atoms with E-state index >= 15 is 0 Å². The largest absolute Gasteiger partial charge is 0.348 e. The summed E-state index contributed by atoms with van der Waals surface area (Å²) in [5.74, 6) is 1.91. The Kier molecular flexibility index (Phi) is 1.19. The van der Waals surface area contributed by atoms with Crippen molar-refractivity contribution in [1.82, 2.24) is 9.97 Å². The molecule has 1 aromatic carbocycles. The van der Waals surface area contributed by atoms with Gasteiger partial charge in [0.1, 0.15) is 5.82 Å². The lowest BCUT2D eigenvalue weighted by atomic mass is 10.0. The van der Waals surface area contributed by atoms with Crippen molar-refractivity contribution in [3.63, 3.8) is 0 Å². The third kappa shape index (κ3) is 0.827. The van der Waals surface area contributed by atoms with Crippen molar-refractivity contribution in [2.75, 3.05) is 0 Å². The van der Waals surface area contributed by atoms with E-state index in [0.717, 1.165) is 5.92 Å². The van der Waals surface area contributed by atoms with Crippen LogP contribution < -0.4 is 0 Å². The van der Waals surface area contributed by atoms with Crippen LogP contribution in [-0.2, 0) is 11.8 Å². The topological polar surface area (TPSA) is 28.7 Å². The van der Waals surface area contributed by atoms with E-state index in [9.17, 15) is 0 Å². The molecule has 2 nitrogen and oxygen atoms in total. The molecule has 1 aromatic heterocycles. The van der Waals surface area contributed by atoms with Crippen LogP contribution in [0, 0.1) is 0 Å². The van der Waals surface area contributed by atoms with Gasteiger partial charge in [-0.1, -0.05) is 24.3 Å². The normalized spacial score (nSPS) is 31.1. The van der Waals surface area contributed by atoms with Gasteiger partial charge in [0.05, 0.1) is 0 Å². The molecule has 2 unspecified atom stereocenters. The third-order valence-electron chi connectivity index (χ3n) is 3.98. The lowest BCUT2D eigenvalue weighted by Crippen LogP contribution is -2.10. The maximum absolute atomic E-state index is 4.44. The zero-order chi connectivity index (χ0) is 9.88. The summed E-state index contributed by atoms with van der Waals surface area (Å²) in [5.41, 5.74) is 3.40. The molecule has 2 aliphatic carbocycles. The molecule has 2 aromatic rings. The van der Waals surface area contributed by atoms with Crippen LogP contribution in [0.25, 0.3) is 0 Å². The molecule has 2 atom stereocenters. The summed E-state index contributed by atoms with van der Waals surface area (Å²) in [6, 6.07) is 8.82. The van der Waals surface area contributed by atoms with E-state index in [-0.39, 0.29) is 0 Å². The van der Waals surface area contributed by atoms with Gasteiger partial charge in [0.15, 0.2) is 0 Å². The highest BCUT2D eigenvalue weighted by Gasteiger charge is 2.62. The molecule has 15 heavy (non-hydrogen) atoms. The zero-order valence-corrected chi connectivity index (χ0v) is 8.40. The summed E-state index contributed by atoms with van der Waals surface area (Å²) in [7, 11) is 0. The Hall–Kier alpha value is -1.57. The van der Waals surface area contributed by atoms with Gasteiger partial charge in [-0.15, -0.1) is 0 Å². The molecule has 0 spiro atoms. The predicted octanol–water partition coefficient (Wildman–Crippen LogP) is 2.39. The van der Waals surface area contributed by atoms with Crippen molar-refractivity contribution in [3.8, 4) is 0 Å². The molecule has 1 N–H and O–H groups in total. The van der Waals surface area contributed by atoms with Crippen molar-refractivity contribution in [2.45, 2.75) is 24.2 Å². The van der Waals surface area contributed by atoms with E-state index in [1.165, 1.54) is 24.2 Å². The van der Waals surface area contributed by atoms with Gasteiger partial charge in [0.2, 0.25) is 0 Å². The fourth-order valence-electron chi connectivity index (χ4n) is 3.17. The van der Waals surface area contributed by atoms with Gasteiger partial charge in [-0.3, -0.25) is 0 Å². The number of imidazole rings is 1. The van der Waals surface area contributed by atoms with Gasteiger partial charge in [-0.2, -0.15) is 0 Å². The first-order chi connectivity index (χ1) is 7.40. The lowest BCUT2D eigenvalue weighted by Gasteiger charge is -2.07. The van der Waals surface area contributed by atoms with Crippen LogP contribution in [0.1, 0.15) is 29.3 Å². The average molecular weight is 196 g/mol. The van der Waals surface area contributed by atoms with Crippen molar-refractivity contribution in [2.24, 2.45) is 0 Å². The van der Waals surface area contributed by atoms with E-state index in [4.69, 9.17) is 0 Å². The number of nitrogens with one attached hydrogen (secondary N) is 1. The number of rotatable bonds is 1. The minimum atomic E-state index is 0.327. The summed E-state index contributed by atoms with van der Waals surface area (Å²) in [6.07, 6.45) is 6.24. The molecule has 0 aliphatic heterocycles. The molecule has 74 valence electrons. The van der Waals surface area contributed by atoms with Gasteiger partial charge in [0, 0.05) is 17.8 Å². The highest BCUT2D eigenvalue weighted by Crippen LogP contribution is 2.66. The Morgan fingerprint density at radius 1 is 1.33 bits per heavy atom. The first-order valence-corrected chi connectivity index (χ1v) is 5.48. The molecular formula is C13H12N2. The van der Waals surface area contributed by atoms with Gasteiger partial charge < -0.3 is 4.98 Å². The monoisotopic (exact) mass is 196 g/mol. The quantitative estimate of drug-likeness (QED) is 0.745. The van der Waals surface area contributed by atoms with E-state index in [1.54, 1.807) is 5.56 Å². The van der Waals surface area contributed by atoms with E-state index in [1.807, 2.05) is 12.4 Å². The van der Waals surface area contributed by atoms with E-state index in [0.29, 0.717) is 5.41 Å². The van der Waals surface area contributed by atoms with Crippen LogP contribution in [0.5, 0.6) is 0 Å². The molecule has 1 saturated carbocycles.